The molecule has 0 radical (unpaired) electrons. The second-order valence-electron chi connectivity index (χ2n) is 8.35. The average Bonchev–Trinajstić information content (AvgIpc) is 2.98. The van der Waals surface area contributed by atoms with Gasteiger partial charge in [-0.05, 0) is 60.4 Å². The lowest BCUT2D eigenvalue weighted by Crippen LogP contribution is -2.46. The summed E-state index contributed by atoms with van der Waals surface area (Å²) in [5.41, 5.74) is 1.38. The Labute approximate surface area is 196 Å². The third kappa shape index (κ3) is 3.84. The van der Waals surface area contributed by atoms with Crippen LogP contribution in [0, 0.1) is 11.6 Å². The van der Waals surface area contributed by atoms with Crippen molar-refractivity contribution in [1.29, 1.82) is 0 Å². The summed E-state index contributed by atoms with van der Waals surface area (Å²) in [5, 5.41) is 0. The van der Waals surface area contributed by atoms with Crippen molar-refractivity contribution in [3.8, 4) is 0 Å². The first-order valence-electron chi connectivity index (χ1n) is 10.7. The highest BCUT2D eigenvalue weighted by atomic mass is 32.3. The molecule has 10 heteroatoms. The highest BCUT2D eigenvalue weighted by Crippen LogP contribution is 2.43. The molecule has 0 amide bonds. The van der Waals surface area contributed by atoms with E-state index in [9.17, 15) is 25.6 Å². The van der Waals surface area contributed by atoms with Crippen LogP contribution in [-0.4, -0.2) is 39.3 Å². The summed E-state index contributed by atoms with van der Waals surface area (Å²) in [6.07, 6.45) is -0.335. The molecular weight excluding hydrogens is 484 g/mol. The van der Waals surface area contributed by atoms with Gasteiger partial charge in [0.05, 0.1) is 6.10 Å². The predicted molar refractivity (Wildman–Crippen MR) is 120 cm³/mol. The topological polar surface area (TPSA) is 80.8 Å². The van der Waals surface area contributed by atoms with Gasteiger partial charge in [0.1, 0.15) is 21.4 Å². The van der Waals surface area contributed by atoms with Gasteiger partial charge < -0.3 is 4.74 Å². The van der Waals surface area contributed by atoms with Gasteiger partial charge in [0.25, 0.3) is 20.0 Å². The molecule has 1 fully saturated rings. The van der Waals surface area contributed by atoms with Crippen LogP contribution in [0.2, 0.25) is 0 Å². The summed E-state index contributed by atoms with van der Waals surface area (Å²) >= 11 is 0. The molecule has 6 nitrogen and oxygen atoms in total. The minimum absolute atomic E-state index is 0.0892. The van der Waals surface area contributed by atoms with Crippen LogP contribution in [0.5, 0.6) is 0 Å². The molecule has 2 aliphatic heterocycles. The first kappa shape index (κ1) is 23.1. The fourth-order valence-corrected chi connectivity index (χ4v) is 9.64. The highest BCUT2D eigenvalue weighted by Gasteiger charge is 2.52. The Morgan fingerprint density at radius 3 is 1.71 bits per heavy atom. The molecule has 2 aliphatic rings. The van der Waals surface area contributed by atoms with Crippen LogP contribution in [0.4, 0.5) is 8.78 Å². The van der Waals surface area contributed by atoms with Gasteiger partial charge in [0.2, 0.25) is 0 Å². The first-order valence-corrected chi connectivity index (χ1v) is 13.6. The number of ether oxygens (including phenoxy) is 1. The number of hydrogen-bond acceptors (Lipinski definition) is 5. The van der Waals surface area contributed by atoms with Crippen molar-refractivity contribution < 1.29 is 30.4 Å². The van der Waals surface area contributed by atoms with Crippen LogP contribution >= 0.6 is 0 Å². The zero-order chi connectivity index (χ0) is 24.1. The fourth-order valence-electron chi connectivity index (χ4n) is 4.79. The van der Waals surface area contributed by atoms with Gasteiger partial charge >= 0.3 is 0 Å². The van der Waals surface area contributed by atoms with E-state index in [4.69, 9.17) is 4.74 Å². The van der Waals surface area contributed by atoms with Crippen molar-refractivity contribution in [2.45, 2.75) is 40.7 Å². The Bertz CT molecular complexity index is 1330. The molecule has 0 spiro atoms. The van der Waals surface area contributed by atoms with Crippen LogP contribution < -0.4 is 0 Å². The molecule has 1 unspecified atom stereocenters. The Kier molecular flexibility index (Phi) is 5.79. The maximum absolute atomic E-state index is 13.6. The molecule has 0 aromatic heterocycles. The van der Waals surface area contributed by atoms with Crippen LogP contribution in [-0.2, 0) is 24.8 Å². The maximum Gasteiger partial charge on any atom is 0.257 e. The van der Waals surface area contributed by atoms with Crippen molar-refractivity contribution in [2.75, 3.05) is 6.61 Å². The highest BCUT2D eigenvalue weighted by molar-refractivity contribution is 8.06. The normalized spacial score (nSPS) is 23.6. The second-order valence-corrected chi connectivity index (χ2v) is 12.1. The van der Waals surface area contributed by atoms with Crippen LogP contribution in [0.15, 0.2) is 82.6 Å². The van der Waals surface area contributed by atoms with E-state index < -0.39 is 49.7 Å². The summed E-state index contributed by atoms with van der Waals surface area (Å²) in [6.45, 7) is 0.131. The average molecular weight is 506 g/mol. The van der Waals surface area contributed by atoms with Crippen molar-refractivity contribution >= 4 is 20.0 Å². The second kappa shape index (κ2) is 8.53. The van der Waals surface area contributed by atoms with Gasteiger partial charge in [0, 0.05) is 18.6 Å². The molecule has 3 aromatic rings. The monoisotopic (exact) mass is 505 g/mol. The van der Waals surface area contributed by atoms with E-state index in [0.29, 0.717) is 14.8 Å². The molecule has 0 saturated carbocycles. The maximum atomic E-state index is 13.6. The van der Waals surface area contributed by atoms with E-state index in [1.165, 1.54) is 48.5 Å². The van der Waals surface area contributed by atoms with Crippen LogP contribution in [0.1, 0.15) is 29.9 Å². The molecule has 1 saturated heterocycles. The number of nitrogens with zero attached hydrogens (tertiary/aromatic N) is 1. The number of benzene rings is 3. The summed E-state index contributed by atoms with van der Waals surface area (Å²) in [7, 11) is -8.51. The predicted octanol–water partition coefficient (Wildman–Crippen LogP) is 4.04. The molecule has 5 rings (SSSR count). The summed E-state index contributed by atoms with van der Waals surface area (Å²) < 4.78 is 86.7. The van der Waals surface area contributed by atoms with Crippen LogP contribution in [0.3, 0.4) is 0 Å². The van der Waals surface area contributed by atoms with Gasteiger partial charge in [-0.15, -0.1) is 0 Å². The molecule has 2 atom stereocenters. The SMILES string of the molecule is O=S1(=O)c2ccccc2S(=O)(=O)N1[C@H]1CCOC(C(c2ccc(F)cc2)c2ccc(F)cc2)C1. The number of halogens is 2. The minimum Gasteiger partial charge on any atom is -0.377 e. The van der Waals surface area contributed by atoms with Gasteiger partial charge in [-0.1, -0.05) is 40.1 Å². The molecule has 2 heterocycles. The van der Waals surface area contributed by atoms with Crippen LogP contribution in [0.25, 0.3) is 0 Å². The summed E-state index contributed by atoms with van der Waals surface area (Å²) in [5.74, 6) is -1.33. The summed E-state index contributed by atoms with van der Waals surface area (Å²) in [4.78, 5) is -0.460. The number of hydrogen-bond donors (Lipinski definition) is 0. The molecule has 0 bridgehead atoms. The van der Waals surface area contributed by atoms with E-state index in [1.54, 1.807) is 24.3 Å². The van der Waals surface area contributed by atoms with E-state index in [1.807, 2.05) is 0 Å². The summed E-state index contributed by atoms with van der Waals surface area (Å²) in [6, 6.07) is 16.3. The van der Waals surface area contributed by atoms with E-state index in [0.717, 1.165) is 0 Å². The Hall–Kier alpha value is -2.66. The Morgan fingerprint density at radius 2 is 1.24 bits per heavy atom. The molecule has 3 aromatic carbocycles. The van der Waals surface area contributed by atoms with Crippen molar-refractivity contribution in [3.05, 3.63) is 95.6 Å². The standard InChI is InChI=1S/C24H21F2NO5S2/c25-18-9-5-16(6-10-18)24(17-7-11-19(26)12-8-17)21-15-20(13-14-32-21)27-33(28,29)22-3-1-2-4-23(22)34(27,30)31/h1-12,20-21,24H,13-15H2/t20-,21?/m0/s1. The first-order chi connectivity index (χ1) is 16.2. The van der Waals surface area contributed by atoms with Crippen molar-refractivity contribution in [3.63, 3.8) is 0 Å². The third-order valence-electron chi connectivity index (χ3n) is 6.29. The van der Waals surface area contributed by atoms with E-state index in [2.05, 4.69) is 0 Å². The third-order valence-corrected chi connectivity index (χ3v) is 11.0. The van der Waals surface area contributed by atoms with Gasteiger partial charge in [-0.25, -0.2) is 25.6 Å². The zero-order valence-corrected chi connectivity index (χ0v) is 19.5. The molecular formula is C24H21F2NO5S2. The number of sulfonamides is 2. The lowest BCUT2D eigenvalue weighted by atomic mass is 9.82. The fraction of sp³-hybridized carbons (Fsp3) is 0.250. The lowest BCUT2D eigenvalue weighted by molar-refractivity contribution is -0.0119. The number of fused-ring (bicyclic) bond motifs is 1. The van der Waals surface area contributed by atoms with Gasteiger partial charge in [-0.2, -0.15) is 0 Å². The van der Waals surface area contributed by atoms with Crippen molar-refractivity contribution in [2.24, 2.45) is 0 Å². The zero-order valence-electron chi connectivity index (χ0n) is 17.8. The molecule has 34 heavy (non-hydrogen) atoms. The van der Waals surface area contributed by atoms with Gasteiger partial charge in [-0.3, -0.25) is 0 Å². The molecule has 178 valence electrons. The smallest absolute Gasteiger partial charge is 0.257 e. The lowest BCUT2D eigenvalue weighted by Gasteiger charge is -2.37. The van der Waals surface area contributed by atoms with E-state index in [-0.39, 0.29) is 29.2 Å². The largest absolute Gasteiger partial charge is 0.377 e. The molecule has 0 N–H and O–H groups in total. The Morgan fingerprint density at radius 1 is 0.765 bits per heavy atom. The Balaban J connectivity index is 1.53. The minimum atomic E-state index is -4.25. The van der Waals surface area contributed by atoms with Gasteiger partial charge in [0.15, 0.2) is 0 Å². The number of rotatable bonds is 4. The van der Waals surface area contributed by atoms with E-state index >= 15 is 0 Å². The van der Waals surface area contributed by atoms with Crippen molar-refractivity contribution in [1.82, 2.24) is 3.71 Å². The molecule has 0 aliphatic carbocycles. The quantitative estimate of drug-likeness (QED) is 0.535.